The highest BCUT2D eigenvalue weighted by molar-refractivity contribution is 6.30. The van der Waals surface area contributed by atoms with Gasteiger partial charge in [-0.3, -0.25) is 0 Å². The molecule has 2 aromatic rings. The van der Waals surface area contributed by atoms with E-state index in [-0.39, 0.29) is 11.6 Å². The van der Waals surface area contributed by atoms with Crippen LogP contribution in [0.5, 0.6) is 0 Å². The van der Waals surface area contributed by atoms with Crippen molar-refractivity contribution in [2.24, 2.45) is 0 Å². The number of nitrogens with zero attached hydrogens (tertiary/aromatic N) is 2. The number of aromatic carboxylic acids is 1. The summed E-state index contributed by atoms with van der Waals surface area (Å²) in [6.45, 7) is 3.91. The molecule has 1 N–H and O–H groups in total. The van der Waals surface area contributed by atoms with Gasteiger partial charge in [0, 0.05) is 18.3 Å². The third-order valence-corrected chi connectivity index (χ3v) is 3.78. The molecule has 0 saturated heterocycles. The van der Waals surface area contributed by atoms with Crippen molar-refractivity contribution in [1.82, 2.24) is 4.98 Å². The molecule has 4 nitrogen and oxygen atoms in total. The number of hydrogen-bond donors (Lipinski definition) is 1. The predicted molar refractivity (Wildman–Crippen MR) is 84.2 cm³/mol. The molecule has 1 atom stereocenters. The summed E-state index contributed by atoms with van der Waals surface area (Å²) in [6, 6.07) is 9.38. The van der Waals surface area contributed by atoms with Crippen LogP contribution in [0.3, 0.4) is 0 Å². The van der Waals surface area contributed by atoms with Crippen LogP contribution in [0.2, 0.25) is 5.02 Å². The first-order valence-electron chi connectivity index (χ1n) is 6.58. The molecule has 0 saturated carbocycles. The van der Waals surface area contributed by atoms with Gasteiger partial charge in [-0.2, -0.15) is 0 Å². The first-order chi connectivity index (χ1) is 9.90. The smallest absolute Gasteiger partial charge is 0.337 e. The van der Waals surface area contributed by atoms with E-state index in [4.69, 9.17) is 16.7 Å². The molecule has 0 aliphatic rings. The second-order valence-electron chi connectivity index (χ2n) is 5.01. The highest BCUT2D eigenvalue weighted by atomic mass is 35.5. The molecule has 0 fully saturated rings. The molecule has 0 aliphatic heterocycles. The zero-order chi connectivity index (χ0) is 15.6. The second kappa shape index (κ2) is 6.14. The summed E-state index contributed by atoms with van der Waals surface area (Å²) < 4.78 is 0. The van der Waals surface area contributed by atoms with E-state index in [1.807, 2.05) is 43.1 Å². The highest BCUT2D eigenvalue weighted by Gasteiger charge is 2.16. The molecule has 0 aliphatic carbocycles. The first kappa shape index (κ1) is 15.3. The van der Waals surface area contributed by atoms with Crippen molar-refractivity contribution in [3.8, 4) is 0 Å². The van der Waals surface area contributed by atoms with Crippen molar-refractivity contribution >= 4 is 23.4 Å². The minimum atomic E-state index is -0.970. The molecule has 1 aromatic carbocycles. The Hall–Kier alpha value is -2.07. The van der Waals surface area contributed by atoms with Gasteiger partial charge in [0.05, 0.1) is 11.6 Å². The van der Waals surface area contributed by atoms with E-state index in [0.717, 1.165) is 16.9 Å². The quantitative estimate of drug-likeness (QED) is 0.929. The molecule has 0 amide bonds. The lowest BCUT2D eigenvalue weighted by Gasteiger charge is -2.28. The third kappa shape index (κ3) is 3.34. The molecule has 1 aromatic heterocycles. The van der Waals surface area contributed by atoms with Crippen LogP contribution in [0.1, 0.15) is 34.5 Å². The molecule has 5 heteroatoms. The summed E-state index contributed by atoms with van der Waals surface area (Å²) in [5.74, 6) is -0.213. The molecule has 1 heterocycles. The number of carboxylic acid groups (broad SMARTS) is 1. The molecular formula is C16H17ClN2O2. The minimum Gasteiger partial charge on any atom is -0.478 e. The zero-order valence-electron chi connectivity index (χ0n) is 12.2. The van der Waals surface area contributed by atoms with Gasteiger partial charge >= 0.3 is 5.97 Å². The van der Waals surface area contributed by atoms with E-state index in [1.54, 1.807) is 6.07 Å². The first-order valence-corrected chi connectivity index (χ1v) is 6.96. The monoisotopic (exact) mass is 304 g/mol. The molecular weight excluding hydrogens is 288 g/mol. The van der Waals surface area contributed by atoms with Crippen LogP contribution in [-0.4, -0.2) is 23.1 Å². The van der Waals surface area contributed by atoms with Crippen LogP contribution in [-0.2, 0) is 0 Å². The van der Waals surface area contributed by atoms with Crippen molar-refractivity contribution in [3.63, 3.8) is 0 Å². The Morgan fingerprint density at radius 1 is 1.38 bits per heavy atom. The standard InChI is InChI=1S/C16H17ClN2O2/c1-10-7-13(16(20)21)9-18-15(10)19(3)11(2)12-5-4-6-14(17)8-12/h4-9,11H,1-3H3,(H,20,21). The third-order valence-electron chi connectivity index (χ3n) is 3.54. The van der Waals surface area contributed by atoms with Crippen LogP contribution in [0.4, 0.5) is 5.82 Å². The maximum atomic E-state index is 11.0. The van der Waals surface area contributed by atoms with E-state index in [0.29, 0.717) is 5.02 Å². The molecule has 0 spiro atoms. The lowest BCUT2D eigenvalue weighted by Crippen LogP contribution is -2.23. The van der Waals surface area contributed by atoms with Gasteiger partial charge in [0.1, 0.15) is 5.82 Å². The lowest BCUT2D eigenvalue weighted by molar-refractivity contribution is 0.0696. The van der Waals surface area contributed by atoms with Crippen molar-refractivity contribution in [1.29, 1.82) is 0 Å². The Morgan fingerprint density at radius 2 is 2.10 bits per heavy atom. The fourth-order valence-electron chi connectivity index (χ4n) is 2.23. The SMILES string of the molecule is Cc1cc(C(=O)O)cnc1N(C)C(C)c1cccc(Cl)c1. The summed E-state index contributed by atoms with van der Waals surface area (Å²) in [7, 11) is 1.93. The topological polar surface area (TPSA) is 53.4 Å². The number of aryl methyl sites for hydroxylation is 1. The summed E-state index contributed by atoms with van der Waals surface area (Å²) in [6.07, 6.45) is 1.38. The predicted octanol–water partition coefficient (Wildman–Crippen LogP) is 3.94. The summed E-state index contributed by atoms with van der Waals surface area (Å²) in [5.41, 5.74) is 2.10. The number of rotatable bonds is 4. The second-order valence-corrected chi connectivity index (χ2v) is 5.45. The number of aromatic nitrogens is 1. The van der Waals surface area contributed by atoms with E-state index in [9.17, 15) is 4.79 Å². The average Bonchev–Trinajstić information content (AvgIpc) is 2.45. The van der Waals surface area contributed by atoms with Crippen LogP contribution in [0.25, 0.3) is 0 Å². The van der Waals surface area contributed by atoms with Gasteiger partial charge in [-0.1, -0.05) is 23.7 Å². The zero-order valence-corrected chi connectivity index (χ0v) is 12.9. The summed E-state index contributed by atoms with van der Waals surface area (Å²) in [5, 5.41) is 9.68. The Kier molecular flexibility index (Phi) is 4.48. The molecule has 0 radical (unpaired) electrons. The molecule has 0 bridgehead atoms. The van der Waals surface area contributed by atoms with Gasteiger partial charge in [0.15, 0.2) is 0 Å². The van der Waals surface area contributed by atoms with Gasteiger partial charge in [-0.05, 0) is 43.2 Å². The fraction of sp³-hybridized carbons (Fsp3) is 0.250. The number of pyridine rings is 1. The minimum absolute atomic E-state index is 0.0746. The summed E-state index contributed by atoms with van der Waals surface area (Å²) in [4.78, 5) is 17.2. The van der Waals surface area contributed by atoms with Crippen molar-refractivity contribution in [3.05, 3.63) is 58.2 Å². The Bertz CT molecular complexity index is 673. The van der Waals surface area contributed by atoms with Crippen LogP contribution in [0.15, 0.2) is 36.5 Å². The Labute approximate surface area is 129 Å². The summed E-state index contributed by atoms with van der Waals surface area (Å²) >= 11 is 6.03. The van der Waals surface area contributed by atoms with Crippen LogP contribution < -0.4 is 4.90 Å². The van der Waals surface area contributed by atoms with E-state index in [1.165, 1.54) is 6.20 Å². The van der Waals surface area contributed by atoms with Gasteiger partial charge in [-0.25, -0.2) is 9.78 Å². The number of anilines is 1. The van der Waals surface area contributed by atoms with Crippen LogP contribution >= 0.6 is 11.6 Å². The van der Waals surface area contributed by atoms with E-state index < -0.39 is 5.97 Å². The maximum Gasteiger partial charge on any atom is 0.337 e. The van der Waals surface area contributed by atoms with Gasteiger partial charge in [0.2, 0.25) is 0 Å². The van der Waals surface area contributed by atoms with E-state index in [2.05, 4.69) is 11.9 Å². The van der Waals surface area contributed by atoms with Crippen molar-refractivity contribution in [2.75, 3.05) is 11.9 Å². The average molecular weight is 305 g/mol. The largest absolute Gasteiger partial charge is 0.478 e. The maximum absolute atomic E-state index is 11.0. The molecule has 2 rings (SSSR count). The normalized spacial score (nSPS) is 12.0. The van der Waals surface area contributed by atoms with Gasteiger partial charge in [0.25, 0.3) is 0 Å². The van der Waals surface area contributed by atoms with Crippen molar-refractivity contribution in [2.45, 2.75) is 19.9 Å². The number of halogens is 1. The highest BCUT2D eigenvalue weighted by Crippen LogP contribution is 2.27. The lowest BCUT2D eigenvalue weighted by atomic mass is 10.1. The number of benzene rings is 1. The molecule has 110 valence electrons. The Morgan fingerprint density at radius 3 is 2.67 bits per heavy atom. The van der Waals surface area contributed by atoms with Gasteiger partial charge < -0.3 is 10.0 Å². The molecule has 1 unspecified atom stereocenters. The Balaban J connectivity index is 2.31. The number of hydrogen-bond acceptors (Lipinski definition) is 3. The van der Waals surface area contributed by atoms with Crippen LogP contribution in [0, 0.1) is 6.92 Å². The molecule has 21 heavy (non-hydrogen) atoms. The fourth-order valence-corrected chi connectivity index (χ4v) is 2.43. The van der Waals surface area contributed by atoms with Crippen molar-refractivity contribution < 1.29 is 9.90 Å². The van der Waals surface area contributed by atoms with E-state index >= 15 is 0 Å². The number of carboxylic acids is 1. The van der Waals surface area contributed by atoms with Gasteiger partial charge in [-0.15, -0.1) is 0 Å². The number of carbonyl (C=O) groups is 1.